The van der Waals surface area contributed by atoms with Gasteiger partial charge in [-0.3, -0.25) is 10.1 Å². The summed E-state index contributed by atoms with van der Waals surface area (Å²) in [6, 6.07) is 16.9. The fourth-order valence-electron chi connectivity index (χ4n) is 3.42. The Balaban J connectivity index is 1.46. The Hall–Kier alpha value is -3.84. The predicted octanol–water partition coefficient (Wildman–Crippen LogP) is 3.91. The summed E-state index contributed by atoms with van der Waals surface area (Å²) in [5, 5.41) is 22.8. The van der Waals surface area contributed by atoms with Gasteiger partial charge in [0.05, 0.1) is 12.1 Å². The van der Waals surface area contributed by atoms with Crippen LogP contribution < -0.4 is 5.32 Å². The van der Waals surface area contributed by atoms with E-state index in [9.17, 15) is 14.7 Å². The molecule has 0 radical (unpaired) electrons. The van der Waals surface area contributed by atoms with Crippen LogP contribution in [0.25, 0.3) is 22.2 Å². The minimum Gasteiger partial charge on any atom is -0.480 e. The van der Waals surface area contributed by atoms with Gasteiger partial charge in [-0.1, -0.05) is 30.3 Å². The lowest BCUT2D eigenvalue weighted by Gasteiger charge is -2.13. The molecule has 4 rings (SSSR count). The topological polar surface area (TPSA) is 116 Å². The van der Waals surface area contributed by atoms with Gasteiger partial charge in [0, 0.05) is 29.1 Å². The number of aliphatic carboxylic acids is 1. The SMILES string of the molecule is O=C(O)c1cccc(-c2ccc(CNC(Cc3c[nH]c4ccccc34)C(=O)O)o2)c1. The van der Waals surface area contributed by atoms with Crippen molar-refractivity contribution in [3.8, 4) is 11.3 Å². The van der Waals surface area contributed by atoms with Crippen LogP contribution in [0.2, 0.25) is 0 Å². The quantitative estimate of drug-likeness (QED) is 0.354. The summed E-state index contributed by atoms with van der Waals surface area (Å²) in [5.74, 6) is -0.859. The lowest BCUT2D eigenvalue weighted by molar-refractivity contribution is -0.139. The van der Waals surface area contributed by atoms with Crippen LogP contribution in [0.15, 0.2) is 71.3 Å². The van der Waals surface area contributed by atoms with Gasteiger partial charge in [-0.05, 0) is 35.9 Å². The van der Waals surface area contributed by atoms with Gasteiger partial charge in [0.1, 0.15) is 17.6 Å². The van der Waals surface area contributed by atoms with Crippen LogP contribution in [0.5, 0.6) is 0 Å². The van der Waals surface area contributed by atoms with Gasteiger partial charge in [-0.2, -0.15) is 0 Å². The van der Waals surface area contributed by atoms with Gasteiger partial charge in [-0.15, -0.1) is 0 Å². The van der Waals surface area contributed by atoms with Crippen LogP contribution in [0, 0.1) is 0 Å². The Morgan fingerprint density at radius 1 is 1.03 bits per heavy atom. The smallest absolute Gasteiger partial charge is 0.335 e. The number of aromatic amines is 1. The molecule has 0 amide bonds. The minimum absolute atomic E-state index is 0.174. The number of carboxylic acids is 2. The van der Waals surface area contributed by atoms with Gasteiger partial charge < -0.3 is 19.6 Å². The van der Waals surface area contributed by atoms with Crippen molar-refractivity contribution in [2.24, 2.45) is 0 Å². The second-order valence-corrected chi connectivity index (χ2v) is 6.99. The van der Waals surface area contributed by atoms with Crippen LogP contribution in [-0.2, 0) is 17.8 Å². The standard InChI is InChI=1S/C23H20N2O5/c26-22(27)15-5-3-4-14(10-15)21-9-8-17(30-21)13-25-20(23(28)29)11-16-12-24-19-7-2-1-6-18(16)19/h1-10,12,20,24-25H,11,13H2,(H,26,27)(H,28,29). The third-order valence-corrected chi connectivity index (χ3v) is 4.98. The molecule has 152 valence electrons. The van der Waals surface area contributed by atoms with Gasteiger partial charge in [-0.25, -0.2) is 4.79 Å². The highest BCUT2D eigenvalue weighted by molar-refractivity contribution is 5.89. The molecule has 7 heteroatoms. The fourth-order valence-corrected chi connectivity index (χ4v) is 3.42. The van der Waals surface area contributed by atoms with Crippen molar-refractivity contribution in [2.45, 2.75) is 19.0 Å². The Morgan fingerprint density at radius 3 is 2.67 bits per heavy atom. The van der Waals surface area contributed by atoms with Crippen molar-refractivity contribution in [1.82, 2.24) is 10.3 Å². The largest absolute Gasteiger partial charge is 0.480 e. The van der Waals surface area contributed by atoms with Crippen molar-refractivity contribution < 1.29 is 24.2 Å². The molecule has 2 heterocycles. The first-order valence-electron chi connectivity index (χ1n) is 9.45. The molecule has 0 fully saturated rings. The second kappa shape index (κ2) is 8.26. The van der Waals surface area contributed by atoms with E-state index >= 15 is 0 Å². The number of carbonyl (C=O) groups is 2. The normalized spacial score (nSPS) is 12.1. The molecule has 0 aliphatic carbocycles. The molecular formula is C23H20N2O5. The maximum atomic E-state index is 11.8. The molecule has 2 aromatic carbocycles. The number of H-pyrrole nitrogens is 1. The zero-order valence-corrected chi connectivity index (χ0v) is 16.0. The maximum Gasteiger partial charge on any atom is 0.335 e. The minimum atomic E-state index is -1.01. The summed E-state index contributed by atoms with van der Waals surface area (Å²) in [6.45, 7) is 0.234. The van der Waals surface area contributed by atoms with Crippen molar-refractivity contribution >= 4 is 22.8 Å². The average molecular weight is 404 g/mol. The number of rotatable bonds is 8. The lowest BCUT2D eigenvalue weighted by atomic mass is 10.0. The van der Waals surface area contributed by atoms with Crippen LogP contribution in [-0.4, -0.2) is 33.2 Å². The van der Waals surface area contributed by atoms with Crippen LogP contribution >= 0.6 is 0 Å². The molecule has 1 atom stereocenters. The highest BCUT2D eigenvalue weighted by atomic mass is 16.4. The predicted molar refractivity (Wildman–Crippen MR) is 111 cm³/mol. The van der Waals surface area contributed by atoms with Crippen molar-refractivity contribution in [2.75, 3.05) is 0 Å². The maximum absolute atomic E-state index is 11.8. The molecule has 7 nitrogen and oxygen atoms in total. The number of aromatic carboxylic acids is 1. The van der Waals surface area contributed by atoms with Gasteiger partial charge in [0.15, 0.2) is 0 Å². The Kier molecular flexibility index (Phi) is 5.36. The van der Waals surface area contributed by atoms with E-state index in [-0.39, 0.29) is 12.1 Å². The second-order valence-electron chi connectivity index (χ2n) is 6.99. The molecule has 4 N–H and O–H groups in total. The summed E-state index contributed by atoms with van der Waals surface area (Å²) < 4.78 is 5.79. The molecule has 0 saturated heterocycles. The number of hydrogen-bond donors (Lipinski definition) is 4. The first kappa shape index (κ1) is 19.5. The highest BCUT2D eigenvalue weighted by Gasteiger charge is 2.20. The third-order valence-electron chi connectivity index (χ3n) is 4.98. The summed E-state index contributed by atoms with van der Waals surface area (Å²) >= 11 is 0. The molecule has 0 saturated carbocycles. The van der Waals surface area contributed by atoms with Crippen LogP contribution in [0.3, 0.4) is 0 Å². The van der Waals surface area contributed by atoms with E-state index < -0.39 is 18.0 Å². The highest BCUT2D eigenvalue weighted by Crippen LogP contribution is 2.24. The fraction of sp³-hybridized carbons (Fsp3) is 0.130. The van der Waals surface area contributed by atoms with E-state index in [2.05, 4.69) is 10.3 Å². The number of para-hydroxylation sites is 1. The molecule has 0 aliphatic rings. The summed E-state index contributed by atoms with van der Waals surface area (Å²) in [4.78, 5) is 26.1. The number of nitrogens with one attached hydrogen (secondary N) is 2. The zero-order valence-electron chi connectivity index (χ0n) is 16.0. The molecular weight excluding hydrogens is 384 g/mol. The van der Waals surface area contributed by atoms with Crippen molar-refractivity contribution in [1.29, 1.82) is 0 Å². The van der Waals surface area contributed by atoms with E-state index in [0.29, 0.717) is 23.5 Å². The average Bonchev–Trinajstić information content (AvgIpc) is 3.38. The van der Waals surface area contributed by atoms with Crippen molar-refractivity contribution in [3.63, 3.8) is 0 Å². The summed E-state index contributed by atoms with van der Waals surface area (Å²) in [6.07, 6.45) is 2.16. The van der Waals surface area contributed by atoms with Gasteiger partial charge in [0.25, 0.3) is 0 Å². The van der Waals surface area contributed by atoms with E-state index in [1.807, 2.05) is 30.5 Å². The number of furan rings is 1. The molecule has 0 aliphatic heterocycles. The molecule has 0 spiro atoms. The van der Waals surface area contributed by atoms with Crippen LogP contribution in [0.4, 0.5) is 0 Å². The third kappa shape index (κ3) is 4.11. The Bertz CT molecular complexity index is 1210. The Morgan fingerprint density at radius 2 is 1.87 bits per heavy atom. The number of hydrogen-bond acceptors (Lipinski definition) is 4. The molecule has 30 heavy (non-hydrogen) atoms. The van der Waals surface area contributed by atoms with E-state index in [0.717, 1.165) is 16.5 Å². The lowest BCUT2D eigenvalue weighted by Crippen LogP contribution is -2.37. The zero-order chi connectivity index (χ0) is 21.1. The monoisotopic (exact) mass is 404 g/mol. The van der Waals surface area contributed by atoms with E-state index in [1.54, 1.807) is 24.3 Å². The summed E-state index contributed by atoms with van der Waals surface area (Å²) in [7, 11) is 0. The molecule has 4 aromatic rings. The number of fused-ring (bicyclic) bond motifs is 1. The number of carboxylic acid groups (broad SMARTS) is 2. The van der Waals surface area contributed by atoms with E-state index in [4.69, 9.17) is 9.52 Å². The number of benzene rings is 2. The van der Waals surface area contributed by atoms with E-state index in [1.165, 1.54) is 12.1 Å². The number of aromatic nitrogens is 1. The Labute approximate surface area is 172 Å². The summed E-state index contributed by atoms with van der Waals surface area (Å²) in [5.41, 5.74) is 2.72. The first-order valence-corrected chi connectivity index (χ1v) is 9.45. The van der Waals surface area contributed by atoms with Crippen molar-refractivity contribution in [3.05, 3.63) is 83.7 Å². The molecule has 0 bridgehead atoms. The first-order chi connectivity index (χ1) is 14.5. The molecule has 2 aromatic heterocycles. The van der Waals surface area contributed by atoms with Gasteiger partial charge >= 0.3 is 11.9 Å². The van der Waals surface area contributed by atoms with Crippen LogP contribution in [0.1, 0.15) is 21.7 Å². The van der Waals surface area contributed by atoms with Gasteiger partial charge in [0.2, 0.25) is 0 Å². The molecule has 1 unspecified atom stereocenters.